The molecule has 436 valence electrons. The number of quaternary nitrogens is 1. The highest BCUT2D eigenvalue weighted by Gasteiger charge is 2.30. The van der Waals surface area contributed by atoms with E-state index in [-0.39, 0.29) is 31.5 Å². The molecule has 3 atom stereocenters. The largest absolute Gasteiger partial charge is 0.472 e. The number of nitrogens with zero attached hydrogens (tertiary/aromatic N) is 1. The second kappa shape index (κ2) is 54.8. The summed E-state index contributed by atoms with van der Waals surface area (Å²) in [6.07, 6.45) is 70.5. The second-order valence-corrected chi connectivity index (χ2v) is 23.6. The minimum atomic E-state index is -4.45. The van der Waals surface area contributed by atoms with Crippen molar-refractivity contribution in [2.24, 2.45) is 0 Å². The predicted molar refractivity (Wildman–Crippen MR) is 323 cm³/mol. The zero-order valence-electron chi connectivity index (χ0n) is 49.8. The highest BCUT2D eigenvalue weighted by atomic mass is 31.2. The van der Waals surface area contributed by atoms with Crippen molar-refractivity contribution in [3.8, 4) is 0 Å². The van der Waals surface area contributed by atoms with E-state index in [0.717, 1.165) is 96.3 Å². The van der Waals surface area contributed by atoms with Crippen LogP contribution in [0.3, 0.4) is 0 Å². The highest BCUT2D eigenvalue weighted by molar-refractivity contribution is 7.47. The molecule has 0 saturated carbocycles. The minimum Gasteiger partial charge on any atom is -0.456 e. The first-order valence-corrected chi connectivity index (χ1v) is 32.8. The number of nitrogens with one attached hydrogen (secondary N) is 1. The van der Waals surface area contributed by atoms with Gasteiger partial charge in [-0.2, -0.15) is 0 Å². The third-order valence-corrected chi connectivity index (χ3v) is 14.6. The zero-order valence-corrected chi connectivity index (χ0v) is 50.7. The van der Waals surface area contributed by atoms with Gasteiger partial charge in [0.2, 0.25) is 5.91 Å². The van der Waals surface area contributed by atoms with Gasteiger partial charge in [-0.25, -0.2) is 4.57 Å². The number of allylic oxidation sites excluding steroid dienone is 11. The fourth-order valence-electron chi connectivity index (χ4n) is 8.81. The first kappa shape index (κ1) is 72.5. The summed E-state index contributed by atoms with van der Waals surface area (Å²) in [6, 6.07) is -0.862. The van der Waals surface area contributed by atoms with Crippen LogP contribution in [0.4, 0.5) is 0 Å². The molecule has 0 bridgehead atoms. The summed E-state index contributed by atoms with van der Waals surface area (Å²) in [7, 11) is 1.48. The first-order chi connectivity index (χ1) is 36.4. The van der Waals surface area contributed by atoms with Crippen LogP contribution < -0.4 is 5.32 Å². The molecule has 0 aromatic heterocycles. The lowest BCUT2D eigenvalue weighted by Gasteiger charge is -2.27. The average molecular weight is 1070 g/mol. The van der Waals surface area contributed by atoms with E-state index < -0.39 is 20.0 Å². The number of likely N-dealkylation sites (N-methyl/N-ethyl adjacent to an activating group) is 1. The van der Waals surface area contributed by atoms with Gasteiger partial charge >= 0.3 is 13.8 Å². The molecule has 0 saturated heterocycles. The number of ether oxygens (including phenoxy) is 1. The molecule has 0 aromatic rings. The number of hydrogen-bond acceptors (Lipinski definition) is 6. The van der Waals surface area contributed by atoms with Crippen LogP contribution in [0.15, 0.2) is 72.9 Å². The van der Waals surface area contributed by atoms with Crippen molar-refractivity contribution in [1.29, 1.82) is 0 Å². The summed E-state index contributed by atoms with van der Waals surface area (Å²) in [6.45, 7) is 6.86. The van der Waals surface area contributed by atoms with Crippen molar-refractivity contribution < 1.29 is 37.3 Å². The number of phosphoric acid groups is 1. The molecular weight excluding hydrogens is 952 g/mol. The van der Waals surface area contributed by atoms with E-state index in [1.54, 1.807) is 0 Å². The van der Waals surface area contributed by atoms with Gasteiger partial charge in [-0.3, -0.25) is 18.6 Å². The van der Waals surface area contributed by atoms with Crippen molar-refractivity contribution >= 4 is 19.7 Å². The fourth-order valence-corrected chi connectivity index (χ4v) is 9.54. The van der Waals surface area contributed by atoms with Crippen LogP contribution in [0.2, 0.25) is 0 Å². The SMILES string of the molecule is CC/C=C/C/C=C/C/C=C/CCCCCCC(=O)NC(COP(=O)(O)OCC[N+](C)(C)C)C(/C=C\CCCCCCCCCCCC)OC(=O)CCCCCCCCCCCCCCC/C=C\C/C=C\CCCCC. The third-order valence-electron chi connectivity index (χ3n) is 13.6. The molecule has 9 nitrogen and oxygen atoms in total. The topological polar surface area (TPSA) is 111 Å². The van der Waals surface area contributed by atoms with Gasteiger partial charge < -0.3 is 19.4 Å². The Balaban J connectivity index is 5.18. The number of unbranched alkanes of at least 4 members (excludes halogenated alkanes) is 30. The molecule has 0 aliphatic carbocycles. The van der Waals surface area contributed by atoms with Crippen LogP contribution in [0.25, 0.3) is 0 Å². The van der Waals surface area contributed by atoms with Gasteiger partial charge in [0.1, 0.15) is 19.3 Å². The molecule has 2 N–H and O–H groups in total. The molecule has 1 amide bonds. The number of hydrogen-bond donors (Lipinski definition) is 2. The average Bonchev–Trinajstić information content (AvgIpc) is 3.37. The van der Waals surface area contributed by atoms with Crippen LogP contribution in [0, 0.1) is 0 Å². The minimum absolute atomic E-state index is 0.0338. The van der Waals surface area contributed by atoms with Crippen LogP contribution in [-0.4, -0.2) is 74.3 Å². The monoisotopic (exact) mass is 1070 g/mol. The van der Waals surface area contributed by atoms with Gasteiger partial charge in [-0.15, -0.1) is 0 Å². The molecule has 3 unspecified atom stereocenters. The quantitative estimate of drug-likeness (QED) is 0.0205. The summed E-state index contributed by atoms with van der Waals surface area (Å²) in [5.74, 6) is -0.529. The predicted octanol–water partition coefficient (Wildman–Crippen LogP) is 19.2. The molecule has 0 fully saturated rings. The summed E-state index contributed by atoms with van der Waals surface area (Å²) in [5.41, 5.74) is 0. The van der Waals surface area contributed by atoms with E-state index in [4.69, 9.17) is 13.8 Å². The van der Waals surface area contributed by atoms with Crippen LogP contribution in [-0.2, 0) is 27.9 Å². The lowest BCUT2D eigenvalue weighted by molar-refractivity contribution is -0.870. The van der Waals surface area contributed by atoms with Crippen molar-refractivity contribution in [2.45, 2.75) is 290 Å². The van der Waals surface area contributed by atoms with Gasteiger partial charge in [0.15, 0.2) is 0 Å². The van der Waals surface area contributed by atoms with Crippen molar-refractivity contribution in [3.05, 3.63) is 72.9 Å². The molecular formula is C65H120N2O7P+. The van der Waals surface area contributed by atoms with E-state index >= 15 is 0 Å². The van der Waals surface area contributed by atoms with E-state index in [1.165, 1.54) is 148 Å². The first-order valence-electron chi connectivity index (χ1n) is 31.3. The Morgan fingerprint density at radius 3 is 1.31 bits per heavy atom. The second-order valence-electron chi connectivity index (χ2n) is 22.2. The Labute approximate surface area is 463 Å². The third kappa shape index (κ3) is 56.0. The van der Waals surface area contributed by atoms with Gasteiger partial charge in [-0.05, 0) is 96.0 Å². The molecule has 0 aromatic carbocycles. The normalized spacial score (nSPS) is 14.2. The Kier molecular flexibility index (Phi) is 52.9. The number of amides is 1. The molecule has 75 heavy (non-hydrogen) atoms. The van der Waals surface area contributed by atoms with E-state index in [2.05, 4.69) is 86.8 Å². The molecule has 0 aliphatic rings. The number of phosphoric ester groups is 1. The maximum absolute atomic E-state index is 13.5. The molecule has 0 radical (unpaired) electrons. The Morgan fingerprint density at radius 1 is 0.480 bits per heavy atom. The van der Waals surface area contributed by atoms with Crippen molar-refractivity contribution in [1.82, 2.24) is 5.32 Å². The number of esters is 1. The summed E-state index contributed by atoms with van der Waals surface area (Å²) in [4.78, 5) is 37.7. The van der Waals surface area contributed by atoms with Gasteiger partial charge in [0, 0.05) is 12.8 Å². The van der Waals surface area contributed by atoms with Crippen LogP contribution in [0.5, 0.6) is 0 Å². The maximum Gasteiger partial charge on any atom is 0.472 e. The van der Waals surface area contributed by atoms with Crippen molar-refractivity contribution in [3.63, 3.8) is 0 Å². The van der Waals surface area contributed by atoms with Crippen LogP contribution >= 0.6 is 7.82 Å². The number of carbonyl (C=O) groups is 2. The highest BCUT2D eigenvalue weighted by Crippen LogP contribution is 2.43. The Bertz CT molecular complexity index is 1510. The summed E-state index contributed by atoms with van der Waals surface area (Å²) in [5, 5.41) is 3.04. The molecule has 0 aliphatic heterocycles. The summed E-state index contributed by atoms with van der Waals surface area (Å²) >= 11 is 0. The van der Waals surface area contributed by atoms with Gasteiger partial charge in [0.05, 0.1) is 33.8 Å². The van der Waals surface area contributed by atoms with Crippen LogP contribution in [0.1, 0.15) is 278 Å². The number of rotatable bonds is 56. The molecule has 0 spiro atoms. The molecule has 0 rings (SSSR count). The van der Waals surface area contributed by atoms with Gasteiger partial charge in [0.25, 0.3) is 0 Å². The standard InChI is InChI=1S/C65H119N2O7P/c1-7-10-13-16-19-22-25-28-30-31-32-33-34-35-36-37-38-40-43-46-49-52-55-58-65(69)74-63(56-53-50-47-44-41-27-24-21-18-15-12-9-3)62(61-73-75(70,71)72-60-59-67(4,5)6)66-64(68)57-54-51-48-45-42-39-29-26-23-20-17-14-11-8-2/h11,14,19-20,22-23,28-30,39,53,56,62-63H,7-10,12-13,15-18,21,24-27,31-38,40-52,54-55,57-61H2,1-6H3,(H-,66,68,70,71)/p+1/b14-11+,22-19-,23-20+,30-28-,39-29+,56-53-. The lowest BCUT2D eigenvalue weighted by Crippen LogP contribution is -2.47. The molecule has 0 heterocycles. The van der Waals surface area contributed by atoms with E-state index in [9.17, 15) is 19.0 Å². The fraction of sp³-hybridized carbons (Fsp3) is 0.785. The van der Waals surface area contributed by atoms with E-state index in [1.807, 2.05) is 33.3 Å². The maximum atomic E-state index is 13.5. The Hall–Kier alpha value is -2.55. The molecule has 10 heteroatoms. The Morgan fingerprint density at radius 2 is 0.853 bits per heavy atom. The van der Waals surface area contributed by atoms with E-state index in [0.29, 0.717) is 17.4 Å². The zero-order chi connectivity index (χ0) is 55.0. The van der Waals surface area contributed by atoms with Gasteiger partial charge in [-0.1, -0.05) is 242 Å². The smallest absolute Gasteiger partial charge is 0.456 e. The summed E-state index contributed by atoms with van der Waals surface area (Å²) < 4.78 is 30.7. The van der Waals surface area contributed by atoms with Crippen molar-refractivity contribution in [2.75, 3.05) is 40.9 Å². The number of carbonyl (C=O) groups excluding carboxylic acids is 2. The lowest BCUT2D eigenvalue weighted by atomic mass is 10.0.